The Morgan fingerprint density at radius 1 is 1.24 bits per heavy atom. The third-order valence-corrected chi connectivity index (χ3v) is 4.72. The van der Waals surface area contributed by atoms with Crippen LogP contribution in [-0.2, 0) is 13.6 Å². The van der Waals surface area contributed by atoms with Gasteiger partial charge in [-0.3, -0.25) is 24.6 Å². The van der Waals surface area contributed by atoms with E-state index in [4.69, 9.17) is 9.05 Å². The van der Waals surface area contributed by atoms with Gasteiger partial charge in [-0.15, -0.1) is 0 Å². The minimum Gasteiger partial charge on any atom is -0.308 e. The number of hydrogen-bond donors (Lipinski definition) is 1. The maximum absolute atomic E-state index is 12.2. The van der Waals surface area contributed by atoms with Crippen LogP contribution in [0.2, 0.25) is 0 Å². The Morgan fingerprint density at radius 2 is 1.81 bits per heavy atom. The summed E-state index contributed by atoms with van der Waals surface area (Å²) in [5, 5.41) is 13.1. The van der Waals surface area contributed by atoms with Crippen LogP contribution >= 0.6 is 7.60 Å². The molecule has 0 bridgehead atoms. The van der Waals surface area contributed by atoms with Crippen LogP contribution in [0, 0.1) is 10.1 Å². The van der Waals surface area contributed by atoms with E-state index in [2.05, 4.69) is 5.10 Å². The molecule has 112 valence electrons. The molecule has 0 aliphatic rings. The second kappa shape index (κ2) is 5.65. The number of nitro groups is 1. The van der Waals surface area contributed by atoms with Gasteiger partial charge < -0.3 is 9.05 Å². The van der Waals surface area contributed by atoms with E-state index in [0.717, 1.165) is 4.68 Å². The first kappa shape index (κ1) is 15.2. The summed E-state index contributed by atoms with van der Waals surface area (Å²) in [4.78, 5) is 22.3. The van der Waals surface area contributed by atoms with Gasteiger partial charge in [-0.2, -0.15) is 0 Å². The average molecular weight is 313 g/mol. The Bertz CT molecular complexity index is 755. The first-order valence-corrected chi connectivity index (χ1v) is 7.24. The first-order valence-electron chi connectivity index (χ1n) is 5.70. The van der Waals surface area contributed by atoms with Crippen molar-refractivity contribution < 1.29 is 18.5 Å². The molecule has 0 aliphatic heterocycles. The van der Waals surface area contributed by atoms with Crippen molar-refractivity contribution in [1.82, 2.24) is 9.78 Å². The highest BCUT2D eigenvalue weighted by Crippen LogP contribution is 2.43. The molecular weight excluding hydrogens is 301 g/mol. The standard InChI is InChI=1S/C11H12N3O6P/c1-19-21(18,20-2)10-7-12-13(11(10)15)8-3-5-9(6-4-8)14(16)17/h3-7,12H,1-2H3. The van der Waals surface area contributed by atoms with Gasteiger partial charge in [0.1, 0.15) is 5.30 Å². The lowest BCUT2D eigenvalue weighted by molar-refractivity contribution is -0.384. The molecule has 21 heavy (non-hydrogen) atoms. The van der Waals surface area contributed by atoms with Gasteiger partial charge >= 0.3 is 7.60 Å². The number of nitro benzene ring substituents is 1. The molecule has 0 radical (unpaired) electrons. The number of H-pyrrole nitrogens is 1. The van der Waals surface area contributed by atoms with Gasteiger partial charge in [0.05, 0.1) is 10.6 Å². The van der Waals surface area contributed by atoms with E-state index < -0.39 is 18.1 Å². The van der Waals surface area contributed by atoms with E-state index in [1.807, 2.05) is 0 Å². The summed E-state index contributed by atoms with van der Waals surface area (Å²) in [5.74, 6) is 0. The van der Waals surface area contributed by atoms with Crippen LogP contribution in [0.25, 0.3) is 5.69 Å². The first-order chi connectivity index (χ1) is 9.92. The molecule has 0 amide bonds. The van der Waals surface area contributed by atoms with E-state index in [1.54, 1.807) is 0 Å². The molecule has 0 unspecified atom stereocenters. The average Bonchev–Trinajstić information content (AvgIpc) is 2.89. The van der Waals surface area contributed by atoms with E-state index in [-0.39, 0.29) is 11.0 Å². The van der Waals surface area contributed by atoms with Crippen molar-refractivity contribution in [2.75, 3.05) is 14.2 Å². The number of nitrogens with zero attached hydrogens (tertiary/aromatic N) is 2. The normalized spacial score (nSPS) is 11.5. The minimum atomic E-state index is -3.67. The summed E-state index contributed by atoms with van der Waals surface area (Å²) in [6.07, 6.45) is 1.22. The van der Waals surface area contributed by atoms with Crippen LogP contribution in [0.15, 0.2) is 35.3 Å². The monoisotopic (exact) mass is 313 g/mol. The van der Waals surface area contributed by atoms with Crippen molar-refractivity contribution in [1.29, 1.82) is 0 Å². The number of aromatic nitrogens is 2. The van der Waals surface area contributed by atoms with E-state index in [9.17, 15) is 19.5 Å². The van der Waals surface area contributed by atoms with Crippen LogP contribution in [0.4, 0.5) is 5.69 Å². The predicted octanol–water partition coefficient (Wildman–Crippen LogP) is 1.18. The van der Waals surface area contributed by atoms with Gasteiger partial charge in [0, 0.05) is 32.5 Å². The molecule has 0 spiro atoms. The minimum absolute atomic E-state index is 0.0990. The molecule has 0 saturated heterocycles. The Kier molecular flexibility index (Phi) is 4.08. The second-order valence-corrected chi connectivity index (χ2v) is 6.14. The summed E-state index contributed by atoms with van der Waals surface area (Å²) in [6.45, 7) is 0. The van der Waals surface area contributed by atoms with Gasteiger partial charge in [-0.05, 0) is 12.1 Å². The number of benzene rings is 1. The Labute approximate surface area is 118 Å². The number of non-ortho nitro benzene ring substituents is 1. The SMILES string of the molecule is COP(=O)(OC)c1c[nH]n(-c2ccc([N+](=O)[O-])cc2)c1=O. The quantitative estimate of drug-likeness (QED) is 0.503. The molecular formula is C11H12N3O6P. The molecule has 1 aromatic heterocycles. The lowest BCUT2D eigenvalue weighted by Crippen LogP contribution is -2.28. The fourth-order valence-corrected chi connectivity index (χ4v) is 2.84. The van der Waals surface area contributed by atoms with Crippen molar-refractivity contribution in [3.05, 3.63) is 50.9 Å². The number of nitrogens with one attached hydrogen (secondary N) is 1. The zero-order valence-electron chi connectivity index (χ0n) is 11.2. The largest absolute Gasteiger partial charge is 0.368 e. The molecule has 9 nitrogen and oxygen atoms in total. The fourth-order valence-electron chi connectivity index (χ4n) is 1.74. The van der Waals surface area contributed by atoms with Crippen molar-refractivity contribution in [2.45, 2.75) is 0 Å². The summed E-state index contributed by atoms with van der Waals surface area (Å²) < 4.78 is 22.8. The summed E-state index contributed by atoms with van der Waals surface area (Å²) in [5.41, 5.74) is -0.357. The molecule has 1 aromatic carbocycles. The highest BCUT2D eigenvalue weighted by atomic mass is 31.2. The fraction of sp³-hybridized carbons (Fsp3) is 0.182. The van der Waals surface area contributed by atoms with Crippen LogP contribution in [-0.4, -0.2) is 28.9 Å². The van der Waals surface area contributed by atoms with Crippen LogP contribution < -0.4 is 10.9 Å². The summed E-state index contributed by atoms with van der Waals surface area (Å²) >= 11 is 0. The number of aromatic amines is 1. The molecule has 10 heteroatoms. The van der Waals surface area contributed by atoms with Crippen LogP contribution in [0.3, 0.4) is 0 Å². The van der Waals surface area contributed by atoms with Crippen molar-refractivity contribution in [2.24, 2.45) is 0 Å². The molecule has 1 N–H and O–H groups in total. The molecule has 0 atom stereocenters. The number of rotatable bonds is 5. The Morgan fingerprint density at radius 3 is 2.29 bits per heavy atom. The molecule has 0 aliphatic carbocycles. The third kappa shape index (κ3) is 2.66. The lowest BCUT2D eigenvalue weighted by atomic mass is 10.3. The second-order valence-electron chi connectivity index (χ2n) is 3.94. The van der Waals surface area contributed by atoms with Crippen molar-refractivity contribution in [3.8, 4) is 5.69 Å². The summed E-state index contributed by atoms with van der Waals surface area (Å²) in [7, 11) is -1.32. The third-order valence-electron chi connectivity index (χ3n) is 2.85. The lowest BCUT2D eigenvalue weighted by Gasteiger charge is -2.09. The molecule has 2 aromatic rings. The number of hydrogen-bond acceptors (Lipinski definition) is 6. The van der Waals surface area contributed by atoms with Gasteiger partial charge in [0.2, 0.25) is 0 Å². The molecule has 0 saturated carbocycles. The maximum Gasteiger partial charge on any atom is 0.368 e. The van der Waals surface area contributed by atoms with Crippen molar-refractivity contribution in [3.63, 3.8) is 0 Å². The molecule has 1 heterocycles. The molecule has 0 fully saturated rings. The molecule has 2 rings (SSSR count). The highest BCUT2D eigenvalue weighted by Gasteiger charge is 2.30. The smallest absolute Gasteiger partial charge is 0.308 e. The van der Waals surface area contributed by atoms with Crippen LogP contribution in [0.1, 0.15) is 0 Å². The van der Waals surface area contributed by atoms with Gasteiger partial charge in [-0.25, -0.2) is 4.68 Å². The van der Waals surface area contributed by atoms with E-state index in [1.165, 1.54) is 44.7 Å². The van der Waals surface area contributed by atoms with Crippen molar-refractivity contribution >= 4 is 18.6 Å². The maximum atomic E-state index is 12.2. The van der Waals surface area contributed by atoms with E-state index in [0.29, 0.717) is 5.69 Å². The summed E-state index contributed by atoms with van der Waals surface area (Å²) in [6, 6.07) is 5.30. The van der Waals surface area contributed by atoms with Crippen LogP contribution in [0.5, 0.6) is 0 Å². The Hall–Kier alpha value is -2.22. The topological polar surface area (TPSA) is 116 Å². The predicted molar refractivity (Wildman–Crippen MR) is 74.3 cm³/mol. The van der Waals surface area contributed by atoms with Gasteiger partial charge in [0.25, 0.3) is 11.2 Å². The highest BCUT2D eigenvalue weighted by molar-refractivity contribution is 7.62. The zero-order chi connectivity index (χ0) is 15.6. The van der Waals surface area contributed by atoms with E-state index >= 15 is 0 Å². The van der Waals surface area contributed by atoms with Gasteiger partial charge in [-0.1, -0.05) is 0 Å². The van der Waals surface area contributed by atoms with Gasteiger partial charge in [0.15, 0.2) is 0 Å². The zero-order valence-corrected chi connectivity index (χ0v) is 12.1. The Balaban J connectivity index is 2.48.